The Morgan fingerprint density at radius 1 is 1.00 bits per heavy atom. The molecule has 2 rings (SSSR count). The van der Waals surface area contributed by atoms with Gasteiger partial charge in [-0.25, -0.2) is 4.79 Å². The van der Waals surface area contributed by atoms with Gasteiger partial charge in [-0.1, -0.05) is 48.7 Å². The third-order valence-corrected chi connectivity index (χ3v) is 4.41. The minimum Gasteiger partial charge on any atom is -0.489 e. The van der Waals surface area contributed by atoms with Crippen molar-refractivity contribution in [2.75, 3.05) is 7.11 Å². The molecule has 2 aromatic carbocycles. The van der Waals surface area contributed by atoms with Crippen molar-refractivity contribution in [1.29, 1.82) is 0 Å². The van der Waals surface area contributed by atoms with Crippen molar-refractivity contribution in [3.8, 4) is 5.75 Å². The Hall–Kier alpha value is -2.04. The van der Waals surface area contributed by atoms with E-state index in [0.29, 0.717) is 13.0 Å². The van der Waals surface area contributed by atoms with Gasteiger partial charge in [-0.15, -0.1) is 0 Å². The van der Waals surface area contributed by atoms with Crippen molar-refractivity contribution in [2.45, 2.75) is 44.8 Å². The second-order valence-corrected chi connectivity index (χ2v) is 6.63. The predicted molar refractivity (Wildman–Crippen MR) is 102 cm³/mol. The van der Waals surface area contributed by atoms with Crippen molar-refractivity contribution >= 4 is 17.6 Å². The molecular weight excluding hydrogens is 352 g/mol. The molecule has 0 aliphatic heterocycles. The zero-order valence-corrected chi connectivity index (χ0v) is 15.7. The van der Waals surface area contributed by atoms with Crippen LogP contribution >= 0.6 is 11.6 Å². The highest BCUT2D eigenvalue weighted by Gasteiger charge is 2.13. The lowest BCUT2D eigenvalue weighted by molar-refractivity contribution is -0.150. The topological polar surface area (TPSA) is 55.8 Å². The van der Waals surface area contributed by atoms with E-state index in [4.69, 9.17) is 16.3 Å². The van der Waals surface area contributed by atoms with E-state index in [9.17, 15) is 9.90 Å². The van der Waals surface area contributed by atoms with Gasteiger partial charge in [-0.2, -0.15) is 0 Å². The maximum atomic E-state index is 11.1. The predicted octanol–water partition coefficient (Wildman–Crippen LogP) is 4.56. The third kappa shape index (κ3) is 7.06. The van der Waals surface area contributed by atoms with Crippen molar-refractivity contribution in [3.05, 3.63) is 64.7 Å². The van der Waals surface area contributed by atoms with Crippen LogP contribution in [0.3, 0.4) is 0 Å². The van der Waals surface area contributed by atoms with E-state index >= 15 is 0 Å². The van der Waals surface area contributed by atoms with Crippen molar-refractivity contribution in [2.24, 2.45) is 0 Å². The van der Waals surface area contributed by atoms with Gasteiger partial charge in [0.05, 0.1) is 7.11 Å². The van der Waals surface area contributed by atoms with E-state index in [1.165, 1.54) is 12.7 Å². The molecule has 0 aromatic heterocycles. The molecule has 1 unspecified atom stereocenters. The summed E-state index contributed by atoms with van der Waals surface area (Å²) in [5, 5.41) is 10.2. The zero-order valence-electron chi connectivity index (χ0n) is 15.0. The number of ether oxygens (including phenoxy) is 2. The Labute approximate surface area is 159 Å². The SMILES string of the molecule is COC(=O)C(O)CCCCCc1ccc(OCc2ccc(Cl)cc2)cc1. The summed E-state index contributed by atoms with van der Waals surface area (Å²) in [6, 6.07) is 15.7. The van der Waals surface area contributed by atoms with Crippen molar-refractivity contribution in [3.63, 3.8) is 0 Å². The molecule has 1 atom stereocenters. The fraction of sp³-hybridized carbons (Fsp3) is 0.381. The van der Waals surface area contributed by atoms with Crippen LogP contribution in [-0.2, 0) is 22.6 Å². The van der Waals surface area contributed by atoms with Gasteiger partial charge in [0.2, 0.25) is 0 Å². The smallest absolute Gasteiger partial charge is 0.334 e. The van der Waals surface area contributed by atoms with Crippen LogP contribution in [0.4, 0.5) is 0 Å². The third-order valence-electron chi connectivity index (χ3n) is 4.16. The Morgan fingerprint density at radius 3 is 2.31 bits per heavy atom. The summed E-state index contributed by atoms with van der Waals surface area (Å²) < 4.78 is 10.3. The molecule has 1 N–H and O–H groups in total. The van der Waals surface area contributed by atoms with Crippen LogP contribution in [-0.4, -0.2) is 24.3 Å². The number of carbonyl (C=O) groups is 1. The van der Waals surface area contributed by atoms with Crippen LogP contribution in [0.5, 0.6) is 5.75 Å². The molecule has 0 saturated heterocycles. The maximum absolute atomic E-state index is 11.1. The number of benzene rings is 2. The van der Waals surface area contributed by atoms with Gasteiger partial charge in [0.1, 0.15) is 12.4 Å². The van der Waals surface area contributed by atoms with Crippen LogP contribution in [0.2, 0.25) is 5.02 Å². The van der Waals surface area contributed by atoms with Crippen LogP contribution in [0.15, 0.2) is 48.5 Å². The highest BCUT2D eigenvalue weighted by Crippen LogP contribution is 2.17. The van der Waals surface area contributed by atoms with Crippen molar-refractivity contribution < 1.29 is 19.4 Å². The molecule has 4 nitrogen and oxygen atoms in total. The molecule has 0 radical (unpaired) electrons. The van der Waals surface area contributed by atoms with Gasteiger partial charge in [0.15, 0.2) is 6.10 Å². The summed E-state index contributed by atoms with van der Waals surface area (Å²) in [4.78, 5) is 11.1. The number of aliphatic hydroxyl groups is 1. The van der Waals surface area contributed by atoms with E-state index in [2.05, 4.69) is 16.9 Å². The first kappa shape index (κ1) is 20.3. The molecular formula is C21H25ClO4. The Kier molecular flexibility index (Phi) is 8.45. The summed E-state index contributed by atoms with van der Waals surface area (Å²) >= 11 is 5.87. The largest absolute Gasteiger partial charge is 0.489 e. The number of halogens is 1. The van der Waals surface area contributed by atoms with Crippen LogP contribution in [0.1, 0.15) is 36.8 Å². The normalized spacial score (nSPS) is 11.8. The van der Waals surface area contributed by atoms with Gasteiger partial charge in [0, 0.05) is 5.02 Å². The van der Waals surface area contributed by atoms with Crippen molar-refractivity contribution in [1.82, 2.24) is 0 Å². The minimum atomic E-state index is -1.00. The van der Waals surface area contributed by atoms with Gasteiger partial charge < -0.3 is 14.6 Å². The Morgan fingerprint density at radius 2 is 1.65 bits per heavy atom. The standard InChI is InChI=1S/C21H25ClO4/c1-25-21(24)20(23)6-4-2-3-5-16-9-13-19(14-10-16)26-15-17-7-11-18(22)12-8-17/h7-14,20,23H,2-6,15H2,1H3. The highest BCUT2D eigenvalue weighted by molar-refractivity contribution is 6.30. The highest BCUT2D eigenvalue weighted by atomic mass is 35.5. The van der Waals surface area contributed by atoms with Gasteiger partial charge >= 0.3 is 5.97 Å². The van der Waals surface area contributed by atoms with Crippen LogP contribution in [0, 0.1) is 0 Å². The first-order valence-corrected chi connectivity index (χ1v) is 9.18. The minimum absolute atomic E-state index is 0.449. The van der Waals surface area contributed by atoms with Gasteiger partial charge in [-0.3, -0.25) is 0 Å². The van der Waals surface area contributed by atoms with E-state index in [1.807, 2.05) is 36.4 Å². The van der Waals surface area contributed by atoms with Gasteiger partial charge in [-0.05, 0) is 54.7 Å². The van der Waals surface area contributed by atoms with E-state index in [1.54, 1.807) is 0 Å². The number of hydrogen-bond acceptors (Lipinski definition) is 4. The summed E-state index contributed by atoms with van der Waals surface area (Å²) in [6.45, 7) is 0.513. The summed E-state index contributed by atoms with van der Waals surface area (Å²) in [5.74, 6) is 0.282. The number of carbonyl (C=O) groups excluding carboxylic acids is 1. The lowest BCUT2D eigenvalue weighted by Gasteiger charge is -2.09. The van der Waals surface area contributed by atoms with E-state index in [0.717, 1.165) is 42.0 Å². The first-order chi connectivity index (χ1) is 12.6. The monoisotopic (exact) mass is 376 g/mol. The summed E-state index contributed by atoms with van der Waals surface area (Å²) in [6.07, 6.45) is 3.19. The molecule has 5 heteroatoms. The molecule has 0 spiro atoms. The molecule has 0 aliphatic carbocycles. The molecule has 0 heterocycles. The summed E-state index contributed by atoms with van der Waals surface area (Å²) in [5.41, 5.74) is 2.32. The molecule has 0 aliphatic rings. The Balaban J connectivity index is 1.65. The fourth-order valence-electron chi connectivity index (χ4n) is 2.60. The Bertz CT molecular complexity index is 667. The quantitative estimate of drug-likeness (QED) is 0.488. The number of unbranched alkanes of at least 4 members (excludes halogenated alkanes) is 2. The second-order valence-electron chi connectivity index (χ2n) is 6.20. The molecule has 2 aromatic rings. The van der Waals surface area contributed by atoms with E-state index < -0.39 is 12.1 Å². The average molecular weight is 377 g/mol. The lowest BCUT2D eigenvalue weighted by atomic mass is 10.0. The number of hydrogen-bond donors (Lipinski definition) is 1. The average Bonchev–Trinajstić information content (AvgIpc) is 2.67. The second kappa shape index (κ2) is 10.8. The first-order valence-electron chi connectivity index (χ1n) is 8.80. The molecule has 0 fully saturated rings. The molecule has 0 bridgehead atoms. The molecule has 140 valence electrons. The van der Waals surface area contributed by atoms with Gasteiger partial charge in [0.25, 0.3) is 0 Å². The molecule has 0 saturated carbocycles. The van der Waals surface area contributed by atoms with Crippen LogP contribution in [0.25, 0.3) is 0 Å². The number of rotatable bonds is 10. The fourth-order valence-corrected chi connectivity index (χ4v) is 2.72. The molecule has 0 amide bonds. The number of esters is 1. The maximum Gasteiger partial charge on any atom is 0.334 e. The number of aliphatic hydroxyl groups excluding tert-OH is 1. The van der Waals surface area contributed by atoms with E-state index in [-0.39, 0.29) is 0 Å². The molecule has 26 heavy (non-hydrogen) atoms. The lowest BCUT2D eigenvalue weighted by Crippen LogP contribution is -2.21. The number of methoxy groups -OCH3 is 1. The van der Waals surface area contributed by atoms with Crippen LogP contribution < -0.4 is 4.74 Å². The number of aryl methyl sites for hydroxylation is 1. The summed E-state index contributed by atoms with van der Waals surface area (Å²) in [7, 11) is 1.29. The zero-order chi connectivity index (χ0) is 18.8.